The summed E-state index contributed by atoms with van der Waals surface area (Å²) in [4.78, 5) is 14.6. The van der Waals surface area contributed by atoms with E-state index >= 15 is 0 Å². The van der Waals surface area contributed by atoms with Gasteiger partial charge in [-0.05, 0) is 30.3 Å². The number of aromatic nitrogens is 4. The van der Waals surface area contributed by atoms with E-state index in [2.05, 4.69) is 19.9 Å². The van der Waals surface area contributed by atoms with Gasteiger partial charge in [-0.1, -0.05) is 0 Å². The van der Waals surface area contributed by atoms with Crippen LogP contribution in [0, 0.1) is 5.82 Å². The zero-order valence-electron chi connectivity index (χ0n) is 10.3. The SMILES string of the molecule is Nc1cc(-c2cc3cc(F)ccc3[nH]2)c2nc[nH]c2n1. The van der Waals surface area contributed by atoms with Crippen molar-refractivity contribution in [3.63, 3.8) is 0 Å². The summed E-state index contributed by atoms with van der Waals surface area (Å²) in [5.74, 6) is 0.142. The van der Waals surface area contributed by atoms with Gasteiger partial charge in [0, 0.05) is 22.2 Å². The summed E-state index contributed by atoms with van der Waals surface area (Å²) >= 11 is 0. The Morgan fingerprint density at radius 1 is 1.15 bits per heavy atom. The van der Waals surface area contributed by atoms with Gasteiger partial charge in [0.25, 0.3) is 0 Å². The molecule has 0 bridgehead atoms. The molecule has 4 rings (SSSR count). The molecule has 0 saturated heterocycles. The maximum Gasteiger partial charge on any atom is 0.160 e. The number of aromatic amines is 2. The molecule has 3 aromatic heterocycles. The Morgan fingerprint density at radius 2 is 2.05 bits per heavy atom. The fourth-order valence-corrected chi connectivity index (χ4v) is 2.40. The van der Waals surface area contributed by atoms with E-state index in [9.17, 15) is 4.39 Å². The lowest BCUT2D eigenvalue weighted by Crippen LogP contribution is -1.92. The number of H-pyrrole nitrogens is 2. The van der Waals surface area contributed by atoms with Crippen LogP contribution >= 0.6 is 0 Å². The van der Waals surface area contributed by atoms with Crippen molar-refractivity contribution in [3.05, 3.63) is 42.5 Å². The first-order valence-corrected chi connectivity index (χ1v) is 6.09. The summed E-state index contributed by atoms with van der Waals surface area (Å²) < 4.78 is 13.3. The molecule has 0 aliphatic rings. The van der Waals surface area contributed by atoms with Crippen molar-refractivity contribution in [2.75, 3.05) is 5.73 Å². The monoisotopic (exact) mass is 267 g/mol. The van der Waals surface area contributed by atoms with Crippen LogP contribution in [0.4, 0.5) is 10.2 Å². The number of nitrogens with zero attached hydrogens (tertiary/aromatic N) is 2. The van der Waals surface area contributed by atoms with E-state index in [1.807, 2.05) is 6.07 Å². The first-order valence-electron chi connectivity index (χ1n) is 6.09. The normalized spacial score (nSPS) is 11.4. The van der Waals surface area contributed by atoms with Crippen molar-refractivity contribution in [2.45, 2.75) is 0 Å². The quantitative estimate of drug-likeness (QED) is 0.496. The van der Waals surface area contributed by atoms with Crippen molar-refractivity contribution in [2.24, 2.45) is 0 Å². The molecule has 4 N–H and O–H groups in total. The number of nitrogens with two attached hydrogens (primary N) is 1. The standard InChI is InChI=1S/C14H10FN5/c15-8-1-2-10-7(3-8)4-11(19-10)9-5-12(16)20-14-13(9)17-6-18-14/h1-6,19H,(H3,16,17,18,20). The van der Waals surface area contributed by atoms with Crippen LogP contribution in [0.3, 0.4) is 0 Å². The summed E-state index contributed by atoms with van der Waals surface area (Å²) in [5.41, 5.74) is 9.69. The highest BCUT2D eigenvalue weighted by Gasteiger charge is 2.11. The number of imidazole rings is 1. The summed E-state index contributed by atoms with van der Waals surface area (Å²) in [5, 5.41) is 0.805. The second-order valence-electron chi connectivity index (χ2n) is 4.61. The fraction of sp³-hybridized carbons (Fsp3) is 0. The summed E-state index contributed by atoms with van der Waals surface area (Å²) in [6, 6.07) is 8.25. The molecule has 6 heteroatoms. The lowest BCUT2D eigenvalue weighted by atomic mass is 10.1. The summed E-state index contributed by atoms with van der Waals surface area (Å²) in [7, 11) is 0. The number of hydrogen-bond donors (Lipinski definition) is 3. The van der Waals surface area contributed by atoms with Gasteiger partial charge in [0.1, 0.15) is 17.2 Å². The molecule has 0 atom stereocenters. The van der Waals surface area contributed by atoms with Gasteiger partial charge in [0.15, 0.2) is 5.65 Å². The molecule has 0 amide bonds. The third-order valence-corrected chi connectivity index (χ3v) is 3.28. The summed E-state index contributed by atoms with van der Waals surface area (Å²) in [6.07, 6.45) is 1.57. The van der Waals surface area contributed by atoms with E-state index in [1.165, 1.54) is 12.1 Å². The van der Waals surface area contributed by atoms with Crippen LogP contribution in [0.2, 0.25) is 0 Å². The number of benzene rings is 1. The van der Waals surface area contributed by atoms with E-state index in [4.69, 9.17) is 5.73 Å². The Balaban J connectivity index is 2.02. The van der Waals surface area contributed by atoms with Gasteiger partial charge < -0.3 is 15.7 Å². The van der Waals surface area contributed by atoms with Crippen molar-refractivity contribution < 1.29 is 4.39 Å². The first kappa shape index (κ1) is 11.0. The average Bonchev–Trinajstić information content (AvgIpc) is 3.02. The lowest BCUT2D eigenvalue weighted by molar-refractivity contribution is 0.630. The molecule has 0 fully saturated rings. The predicted octanol–water partition coefficient (Wildman–Crippen LogP) is 2.83. The van der Waals surface area contributed by atoms with Gasteiger partial charge in [-0.2, -0.15) is 0 Å². The molecule has 0 aliphatic carbocycles. The highest BCUT2D eigenvalue weighted by Crippen LogP contribution is 2.29. The van der Waals surface area contributed by atoms with E-state index in [-0.39, 0.29) is 5.82 Å². The van der Waals surface area contributed by atoms with Gasteiger partial charge in [-0.25, -0.2) is 14.4 Å². The minimum absolute atomic E-state index is 0.262. The maximum atomic E-state index is 13.3. The van der Waals surface area contributed by atoms with Crippen molar-refractivity contribution >= 4 is 27.9 Å². The van der Waals surface area contributed by atoms with Crippen LogP contribution in [0.1, 0.15) is 0 Å². The molecule has 0 spiro atoms. The highest BCUT2D eigenvalue weighted by atomic mass is 19.1. The maximum absolute atomic E-state index is 13.3. The second kappa shape index (κ2) is 3.80. The van der Waals surface area contributed by atoms with Gasteiger partial charge in [-0.3, -0.25) is 0 Å². The summed E-state index contributed by atoms with van der Waals surface area (Å²) in [6.45, 7) is 0. The molecular formula is C14H10FN5. The van der Waals surface area contributed by atoms with Crippen molar-refractivity contribution in [3.8, 4) is 11.3 Å². The molecular weight excluding hydrogens is 257 g/mol. The van der Waals surface area contributed by atoms with Crippen LogP contribution in [-0.4, -0.2) is 19.9 Å². The predicted molar refractivity (Wildman–Crippen MR) is 75.6 cm³/mol. The number of pyridine rings is 1. The van der Waals surface area contributed by atoms with Crippen LogP contribution in [0.25, 0.3) is 33.3 Å². The van der Waals surface area contributed by atoms with E-state index in [0.717, 1.165) is 27.7 Å². The Morgan fingerprint density at radius 3 is 2.95 bits per heavy atom. The highest BCUT2D eigenvalue weighted by molar-refractivity contribution is 5.94. The number of halogens is 1. The molecule has 98 valence electrons. The Labute approximate surface area is 112 Å². The Bertz CT molecular complexity index is 937. The zero-order chi connectivity index (χ0) is 13.7. The van der Waals surface area contributed by atoms with Crippen molar-refractivity contribution in [1.82, 2.24) is 19.9 Å². The molecule has 4 aromatic rings. The Hall–Kier alpha value is -2.89. The van der Waals surface area contributed by atoms with E-state index < -0.39 is 0 Å². The molecule has 20 heavy (non-hydrogen) atoms. The minimum Gasteiger partial charge on any atom is -0.384 e. The van der Waals surface area contributed by atoms with Crippen LogP contribution in [0.5, 0.6) is 0 Å². The van der Waals surface area contributed by atoms with Crippen LogP contribution in [-0.2, 0) is 0 Å². The number of nitrogen functional groups attached to an aromatic ring is 1. The van der Waals surface area contributed by atoms with Gasteiger partial charge in [-0.15, -0.1) is 0 Å². The molecule has 1 aromatic carbocycles. The largest absolute Gasteiger partial charge is 0.384 e. The van der Waals surface area contributed by atoms with Crippen LogP contribution < -0.4 is 5.73 Å². The van der Waals surface area contributed by atoms with E-state index in [0.29, 0.717) is 11.5 Å². The first-order chi connectivity index (χ1) is 9.70. The molecule has 3 heterocycles. The van der Waals surface area contributed by atoms with Gasteiger partial charge >= 0.3 is 0 Å². The van der Waals surface area contributed by atoms with Gasteiger partial charge in [0.05, 0.1) is 6.33 Å². The van der Waals surface area contributed by atoms with Gasteiger partial charge in [0.2, 0.25) is 0 Å². The topological polar surface area (TPSA) is 83.4 Å². The average molecular weight is 267 g/mol. The lowest BCUT2D eigenvalue weighted by Gasteiger charge is -2.01. The second-order valence-corrected chi connectivity index (χ2v) is 4.61. The zero-order valence-corrected chi connectivity index (χ0v) is 10.3. The third-order valence-electron chi connectivity index (χ3n) is 3.28. The number of nitrogens with one attached hydrogen (secondary N) is 2. The third kappa shape index (κ3) is 1.55. The number of anilines is 1. The fourth-order valence-electron chi connectivity index (χ4n) is 2.40. The molecule has 0 unspecified atom stereocenters. The Kier molecular flexibility index (Phi) is 2.09. The molecule has 5 nitrogen and oxygen atoms in total. The van der Waals surface area contributed by atoms with E-state index in [1.54, 1.807) is 18.5 Å². The van der Waals surface area contributed by atoms with Crippen molar-refractivity contribution in [1.29, 1.82) is 0 Å². The molecule has 0 saturated carbocycles. The van der Waals surface area contributed by atoms with Crippen LogP contribution in [0.15, 0.2) is 36.7 Å². The number of hydrogen-bond acceptors (Lipinski definition) is 3. The smallest absolute Gasteiger partial charge is 0.160 e. The molecule has 0 radical (unpaired) electrons. The minimum atomic E-state index is -0.262. The number of fused-ring (bicyclic) bond motifs is 2. The number of rotatable bonds is 1. The molecule has 0 aliphatic heterocycles.